The standard InChI is InChI=1S/C9H18F3N3O2S/c1-2-18(16,17)14-7-8(9(10,11)12)15-5-3-13-4-6-15/h8,13-14H,2-7H2,1H3. The highest BCUT2D eigenvalue weighted by molar-refractivity contribution is 7.89. The molecule has 0 radical (unpaired) electrons. The van der Waals surface area contributed by atoms with Gasteiger partial charge in [0.05, 0.1) is 5.75 Å². The molecule has 18 heavy (non-hydrogen) atoms. The second kappa shape index (κ2) is 6.18. The summed E-state index contributed by atoms with van der Waals surface area (Å²) in [5.41, 5.74) is 0. The first-order valence-corrected chi connectivity index (χ1v) is 7.40. The first-order chi connectivity index (χ1) is 8.26. The van der Waals surface area contributed by atoms with Gasteiger partial charge in [-0.15, -0.1) is 0 Å². The molecule has 1 atom stereocenters. The van der Waals surface area contributed by atoms with Gasteiger partial charge in [0.1, 0.15) is 6.04 Å². The molecular weight excluding hydrogens is 271 g/mol. The molecule has 5 nitrogen and oxygen atoms in total. The van der Waals surface area contributed by atoms with E-state index in [4.69, 9.17) is 0 Å². The molecule has 1 aliphatic rings. The van der Waals surface area contributed by atoms with Crippen LogP contribution in [0.1, 0.15) is 6.92 Å². The molecule has 0 aliphatic carbocycles. The summed E-state index contributed by atoms with van der Waals surface area (Å²) < 4.78 is 63.1. The summed E-state index contributed by atoms with van der Waals surface area (Å²) in [5, 5.41) is 2.96. The zero-order valence-electron chi connectivity index (χ0n) is 10.1. The molecule has 0 saturated carbocycles. The maximum Gasteiger partial charge on any atom is 0.405 e. The van der Waals surface area contributed by atoms with E-state index in [1.54, 1.807) is 0 Å². The average molecular weight is 289 g/mol. The third-order valence-electron chi connectivity index (χ3n) is 2.85. The largest absolute Gasteiger partial charge is 0.405 e. The monoisotopic (exact) mass is 289 g/mol. The molecule has 2 N–H and O–H groups in total. The van der Waals surface area contributed by atoms with Gasteiger partial charge in [-0.2, -0.15) is 13.2 Å². The molecule has 108 valence electrons. The quantitative estimate of drug-likeness (QED) is 0.733. The lowest BCUT2D eigenvalue weighted by Crippen LogP contribution is -2.57. The topological polar surface area (TPSA) is 61.4 Å². The lowest BCUT2D eigenvalue weighted by Gasteiger charge is -2.35. The summed E-state index contributed by atoms with van der Waals surface area (Å²) >= 11 is 0. The van der Waals surface area contributed by atoms with E-state index in [-0.39, 0.29) is 18.8 Å². The van der Waals surface area contributed by atoms with Crippen molar-refractivity contribution in [3.05, 3.63) is 0 Å². The lowest BCUT2D eigenvalue weighted by atomic mass is 10.2. The zero-order chi connectivity index (χ0) is 13.8. The van der Waals surface area contributed by atoms with Crippen LogP contribution < -0.4 is 10.0 Å². The van der Waals surface area contributed by atoms with Crippen molar-refractivity contribution in [3.63, 3.8) is 0 Å². The van der Waals surface area contributed by atoms with Crippen molar-refractivity contribution in [2.24, 2.45) is 0 Å². The number of nitrogens with one attached hydrogen (secondary N) is 2. The van der Waals surface area contributed by atoms with Crippen LogP contribution in [-0.2, 0) is 10.0 Å². The smallest absolute Gasteiger partial charge is 0.314 e. The van der Waals surface area contributed by atoms with E-state index in [9.17, 15) is 21.6 Å². The van der Waals surface area contributed by atoms with Gasteiger partial charge in [0.15, 0.2) is 0 Å². The van der Waals surface area contributed by atoms with Crippen LogP contribution in [0.15, 0.2) is 0 Å². The molecule has 1 saturated heterocycles. The summed E-state index contributed by atoms with van der Waals surface area (Å²) in [6.07, 6.45) is -4.44. The molecule has 0 spiro atoms. The van der Waals surface area contributed by atoms with Crippen molar-refractivity contribution < 1.29 is 21.6 Å². The minimum Gasteiger partial charge on any atom is -0.314 e. The van der Waals surface area contributed by atoms with Crippen LogP contribution in [0.25, 0.3) is 0 Å². The van der Waals surface area contributed by atoms with Gasteiger partial charge in [0.25, 0.3) is 0 Å². The van der Waals surface area contributed by atoms with Gasteiger partial charge >= 0.3 is 6.18 Å². The maximum atomic E-state index is 12.9. The van der Waals surface area contributed by atoms with Crippen molar-refractivity contribution in [2.75, 3.05) is 38.5 Å². The molecule has 1 fully saturated rings. The average Bonchev–Trinajstić information content (AvgIpc) is 2.29. The normalized spacial score (nSPS) is 20.9. The molecule has 0 amide bonds. The Morgan fingerprint density at radius 2 is 1.89 bits per heavy atom. The third kappa shape index (κ3) is 4.71. The van der Waals surface area contributed by atoms with Crippen molar-refractivity contribution in [2.45, 2.75) is 19.1 Å². The van der Waals surface area contributed by atoms with Crippen molar-refractivity contribution in [3.8, 4) is 0 Å². The van der Waals surface area contributed by atoms with E-state index in [1.807, 2.05) is 4.72 Å². The first-order valence-electron chi connectivity index (χ1n) is 5.75. The number of alkyl halides is 3. The Bertz CT molecular complexity index is 353. The van der Waals surface area contributed by atoms with Gasteiger partial charge < -0.3 is 5.32 Å². The number of sulfonamides is 1. The van der Waals surface area contributed by atoms with Crippen molar-refractivity contribution in [1.29, 1.82) is 0 Å². The summed E-state index contributed by atoms with van der Waals surface area (Å²) in [5.74, 6) is -0.223. The van der Waals surface area contributed by atoms with Gasteiger partial charge in [-0.25, -0.2) is 13.1 Å². The van der Waals surface area contributed by atoms with Gasteiger partial charge in [0.2, 0.25) is 10.0 Å². The molecule has 1 unspecified atom stereocenters. The first kappa shape index (κ1) is 15.7. The fraction of sp³-hybridized carbons (Fsp3) is 1.00. The third-order valence-corrected chi connectivity index (χ3v) is 4.21. The number of nitrogens with zero attached hydrogens (tertiary/aromatic N) is 1. The number of hydrogen-bond acceptors (Lipinski definition) is 4. The summed E-state index contributed by atoms with van der Waals surface area (Å²) in [6, 6.07) is -1.76. The van der Waals surface area contributed by atoms with Crippen LogP contribution in [0.2, 0.25) is 0 Å². The predicted octanol–water partition coefficient (Wildman–Crippen LogP) is -0.238. The second-order valence-electron chi connectivity index (χ2n) is 4.10. The molecule has 0 aromatic carbocycles. The number of piperazine rings is 1. The van der Waals surface area contributed by atoms with E-state index >= 15 is 0 Å². The van der Waals surface area contributed by atoms with Crippen LogP contribution in [-0.4, -0.2) is 64.0 Å². The highest BCUT2D eigenvalue weighted by Gasteiger charge is 2.43. The Kier molecular flexibility index (Phi) is 5.38. The van der Waals surface area contributed by atoms with Crippen LogP contribution in [0.4, 0.5) is 13.2 Å². The molecule has 1 aliphatic heterocycles. The van der Waals surface area contributed by atoms with Gasteiger partial charge in [-0.05, 0) is 6.92 Å². The van der Waals surface area contributed by atoms with E-state index < -0.39 is 28.8 Å². The molecule has 1 heterocycles. The summed E-state index contributed by atoms with van der Waals surface area (Å²) in [7, 11) is -3.61. The SMILES string of the molecule is CCS(=O)(=O)NCC(N1CCNCC1)C(F)(F)F. The molecular formula is C9H18F3N3O2S. The highest BCUT2D eigenvalue weighted by atomic mass is 32.2. The molecule has 1 rings (SSSR count). The van der Waals surface area contributed by atoms with E-state index in [0.717, 1.165) is 0 Å². The lowest BCUT2D eigenvalue weighted by molar-refractivity contribution is -0.182. The Balaban J connectivity index is 2.67. The molecule has 0 aromatic rings. The van der Waals surface area contributed by atoms with Crippen LogP contribution in [0.3, 0.4) is 0 Å². The number of rotatable bonds is 5. The Morgan fingerprint density at radius 3 is 2.33 bits per heavy atom. The maximum absolute atomic E-state index is 12.9. The molecule has 0 aromatic heterocycles. The van der Waals surface area contributed by atoms with Crippen molar-refractivity contribution >= 4 is 10.0 Å². The van der Waals surface area contributed by atoms with Gasteiger partial charge in [-0.1, -0.05) is 0 Å². The van der Waals surface area contributed by atoms with Crippen LogP contribution in [0.5, 0.6) is 0 Å². The summed E-state index contributed by atoms with van der Waals surface area (Å²) in [4.78, 5) is 1.26. The Morgan fingerprint density at radius 1 is 1.33 bits per heavy atom. The fourth-order valence-corrected chi connectivity index (χ4v) is 2.37. The second-order valence-corrected chi connectivity index (χ2v) is 6.19. The molecule has 9 heteroatoms. The zero-order valence-corrected chi connectivity index (χ0v) is 10.9. The number of halogens is 3. The minimum absolute atomic E-state index is 0.223. The van der Waals surface area contributed by atoms with E-state index in [2.05, 4.69) is 5.32 Å². The van der Waals surface area contributed by atoms with Gasteiger partial charge in [0, 0.05) is 32.7 Å². The van der Waals surface area contributed by atoms with Gasteiger partial charge in [-0.3, -0.25) is 4.90 Å². The molecule has 0 bridgehead atoms. The van der Waals surface area contributed by atoms with E-state index in [1.165, 1.54) is 11.8 Å². The Labute approximate surface area is 105 Å². The number of hydrogen-bond donors (Lipinski definition) is 2. The summed E-state index contributed by atoms with van der Waals surface area (Å²) in [6.45, 7) is 2.24. The van der Waals surface area contributed by atoms with Crippen molar-refractivity contribution in [1.82, 2.24) is 14.9 Å². The van der Waals surface area contributed by atoms with E-state index in [0.29, 0.717) is 13.1 Å². The highest BCUT2D eigenvalue weighted by Crippen LogP contribution is 2.24. The van der Waals surface area contributed by atoms with Crippen LogP contribution >= 0.6 is 0 Å². The fourth-order valence-electron chi connectivity index (χ4n) is 1.75. The predicted molar refractivity (Wildman–Crippen MR) is 61.7 cm³/mol. The van der Waals surface area contributed by atoms with Crippen LogP contribution in [0, 0.1) is 0 Å². The Hall–Kier alpha value is -0.380. The minimum atomic E-state index is -4.44.